The SMILES string of the molecule is COc1cc(CNCCSc2nnnn2-c2ccccc2)ccc1OCc1ccc(C)cc1. The monoisotopic (exact) mass is 461 g/mol. The summed E-state index contributed by atoms with van der Waals surface area (Å²) in [7, 11) is 1.67. The predicted molar refractivity (Wildman–Crippen MR) is 130 cm³/mol. The van der Waals surface area contributed by atoms with Crippen molar-refractivity contribution < 1.29 is 9.47 Å². The lowest BCUT2D eigenvalue weighted by atomic mass is 10.1. The Morgan fingerprint density at radius 3 is 2.52 bits per heavy atom. The summed E-state index contributed by atoms with van der Waals surface area (Å²) in [6.45, 7) is 4.14. The summed E-state index contributed by atoms with van der Waals surface area (Å²) >= 11 is 1.62. The minimum Gasteiger partial charge on any atom is -0.493 e. The molecule has 8 heteroatoms. The Kier molecular flexibility index (Phi) is 7.94. The summed E-state index contributed by atoms with van der Waals surface area (Å²) in [6.07, 6.45) is 0. The van der Waals surface area contributed by atoms with E-state index in [2.05, 4.69) is 58.1 Å². The van der Waals surface area contributed by atoms with Crippen molar-refractivity contribution in [2.24, 2.45) is 0 Å². The van der Waals surface area contributed by atoms with Crippen molar-refractivity contribution >= 4 is 11.8 Å². The van der Waals surface area contributed by atoms with Gasteiger partial charge in [-0.05, 0) is 52.7 Å². The molecule has 0 aliphatic rings. The summed E-state index contributed by atoms with van der Waals surface area (Å²) in [5.74, 6) is 2.32. The van der Waals surface area contributed by atoms with E-state index >= 15 is 0 Å². The van der Waals surface area contributed by atoms with Crippen LogP contribution in [0, 0.1) is 6.92 Å². The quantitative estimate of drug-likeness (QED) is 0.261. The van der Waals surface area contributed by atoms with Crippen LogP contribution in [0.2, 0.25) is 0 Å². The van der Waals surface area contributed by atoms with Gasteiger partial charge in [0, 0.05) is 18.8 Å². The van der Waals surface area contributed by atoms with Crippen molar-refractivity contribution in [2.45, 2.75) is 25.2 Å². The lowest BCUT2D eigenvalue weighted by Gasteiger charge is -2.13. The van der Waals surface area contributed by atoms with E-state index in [4.69, 9.17) is 9.47 Å². The summed E-state index contributed by atoms with van der Waals surface area (Å²) in [5.41, 5.74) is 4.45. The fourth-order valence-electron chi connectivity index (χ4n) is 3.23. The van der Waals surface area contributed by atoms with E-state index in [1.54, 1.807) is 23.6 Å². The molecule has 1 N–H and O–H groups in total. The van der Waals surface area contributed by atoms with E-state index in [9.17, 15) is 0 Å². The zero-order chi connectivity index (χ0) is 22.9. The predicted octanol–water partition coefficient (Wildman–Crippen LogP) is 4.44. The average molecular weight is 462 g/mol. The molecule has 0 saturated carbocycles. The molecule has 1 aromatic heterocycles. The van der Waals surface area contributed by atoms with Crippen molar-refractivity contribution in [3.8, 4) is 17.2 Å². The third-order valence-electron chi connectivity index (χ3n) is 5.02. The Hall–Kier alpha value is -3.36. The van der Waals surface area contributed by atoms with Crippen molar-refractivity contribution in [3.05, 3.63) is 89.5 Å². The van der Waals surface area contributed by atoms with Crippen molar-refractivity contribution in [3.63, 3.8) is 0 Å². The normalized spacial score (nSPS) is 10.8. The molecule has 0 amide bonds. The van der Waals surface area contributed by atoms with E-state index < -0.39 is 0 Å². The number of hydrogen-bond acceptors (Lipinski definition) is 7. The zero-order valence-electron chi connectivity index (χ0n) is 18.8. The first-order chi connectivity index (χ1) is 16.2. The number of thioether (sulfide) groups is 1. The molecule has 170 valence electrons. The second-order valence-electron chi connectivity index (χ2n) is 7.49. The minimum absolute atomic E-state index is 0.508. The van der Waals surface area contributed by atoms with E-state index in [1.165, 1.54) is 5.56 Å². The molecule has 0 saturated heterocycles. The van der Waals surface area contributed by atoms with Crippen LogP contribution in [-0.2, 0) is 13.2 Å². The van der Waals surface area contributed by atoms with Crippen LogP contribution in [0.1, 0.15) is 16.7 Å². The second-order valence-corrected chi connectivity index (χ2v) is 8.56. The number of methoxy groups -OCH3 is 1. The van der Waals surface area contributed by atoms with Gasteiger partial charge >= 0.3 is 0 Å². The molecular formula is C25H27N5O2S. The Labute approximate surface area is 198 Å². The Balaban J connectivity index is 1.24. The molecule has 0 radical (unpaired) electrons. The van der Waals surface area contributed by atoms with Crippen LogP contribution in [0.25, 0.3) is 5.69 Å². The van der Waals surface area contributed by atoms with Gasteiger partial charge < -0.3 is 14.8 Å². The molecule has 4 rings (SSSR count). The standard InChI is InChI=1S/C25H27N5O2S/c1-19-8-10-20(11-9-19)18-32-23-13-12-21(16-24(23)31-2)17-26-14-15-33-25-27-28-29-30(25)22-6-4-3-5-7-22/h3-13,16,26H,14-15,17-18H2,1-2H3. The van der Waals surface area contributed by atoms with Gasteiger partial charge in [0.1, 0.15) is 6.61 Å². The second kappa shape index (κ2) is 11.5. The number of hydrogen-bond donors (Lipinski definition) is 1. The molecule has 3 aromatic carbocycles. The molecule has 4 aromatic rings. The molecule has 0 aliphatic carbocycles. The van der Waals surface area contributed by atoms with Gasteiger partial charge in [-0.1, -0.05) is 65.9 Å². The smallest absolute Gasteiger partial charge is 0.214 e. The van der Waals surface area contributed by atoms with Crippen LogP contribution >= 0.6 is 11.8 Å². The fourth-order valence-corrected chi connectivity index (χ4v) is 4.02. The molecular weight excluding hydrogens is 434 g/mol. The first-order valence-corrected chi connectivity index (χ1v) is 11.7. The Morgan fingerprint density at radius 2 is 1.73 bits per heavy atom. The summed E-state index contributed by atoms with van der Waals surface area (Å²) in [5, 5.41) is 16.3. The van der Waals surface area contributed by atoms with Crippen molar-refractivity contribution in [1.82, 2.24) is 25.5 Å². The van der Waals surface area contributed by atoms with Gasteiger partial charge in [-0.15, -0.1) is 5.10 Å². The topological polar surface area (TPSA) is 74.1 Å². The highest BCUT2D eigenvalue weighted by molar-refractivity contribution is 7.99. The summed E-state index contributed by atoms with van der Waals surface area (Å²) < 4.78 is 13.3. The minimum atomic E-state index is 0.508. The molecule has 33 heavy (non-hydrogen) atoms. The van der Waals surface area contributed by atoms with Crippen LogP contribution in [0.5, 0.6) is 11.5 Å². The highest BCUT2D eigenvalue weighted by Gasteiger charge is 2.09. The highest BCUT2D eigenvalue weighted by atomic mass is 32.2. The van der Waals surface area contributed by atoms with Crippen LogP contribution in [0.3, 0.4) is 0 Å². The molecule has 1 heterocycles. The lowest BCUT2D eigenvalue weighted by molar-refractivity contribution is 0.284. The summed E-state index contributed by atoms with van der Waals surface area (Å²) in [6, 6.07) is 24.3. The molecule has 0 fully saturated rings. The first-order valence-electron chi connectivity index (χ1n) is 10.8. The number of benzene rings is 3. The van der Waals surface area contributed by atoms with Crippen LogP contribution in [0.15, 0.2) is 78.0 Å². The fraction of sp³-hybridized carbons (Fsp3) is 0.240. The molecule has 0 aliphatic heterocycles. The number of para-hydroxylation sites is 1. The van der Waals surface area contributed by atoms with E-state index in [0.717, 1.165) is 52.3 Å². The van der Waals surface area contributed by atoms with Gasteiger partial charge in [-0.25, -0.2) is 0 Å². The van der Waals surface area contributed by atoms with Gasteiger partial charge in [0.15, 0.2) is 11.5 Å². The number of tetrazole rings is 1. The molecule has 0 unspecified atom stereocenters. The van der Waals surface area contributed by atoms with Crippen LogP contribution in [0.4, 0.5) is 0 Å². The molecule has 0 spiro atoms. The Morgan fingerprint density at radius 1 is 0.939 bits per heavy atom. The van der Waals surface area contributed by atoms with Gasteiger partial charge in [-0.2, -0.15) is 4.68 Å². The van der Waals surface area contributed by atoms with Crippen molar-refractivity contribution in [1.29, 1.82) is 0 Å². The number of aromatic nitrogens is 4. The number of rotatable bonds is 11. The van der Waals surface area contributed by atoms with E-state index in [0.29, 0.717) is 6.61 Å². The number of nitrogens with one attached hydrogen (secondary N) is 1. The number of nitrogens with zero attached hydrogens (tertiary/aromatic N) is 4. The van der Waals surface area contributed by atoms with Gasteiger partial charge in [0.25, 0.3) is 0 Å². The van der Waals surface area contributed by atoms with Gasteiger partial charge in [-0.3, -0.25) is 0 Å². The maximum Gasteiger partial charge on any atom is 0.214 e. The maximum atomic E-state index is 5.97. The molecule has 0 bridgehead atoms. The van der Waals surface area contributed by atoms with Gasteiger partial charge in [0.05, 0.1) is 12.8 Å². The number of ether oxygens (including phenoxy) is 2. The largest absolute Gasteiger partial charge is 0.493 e. The van der Waals surface area contributed by atoms with Crippen LogP contribution in [-0.4, -0.2) is 39.6 Å². The van der Waals surface area contributed by atoms with E-state index in [-0.39, 0.29) is 0 Å². The van der Waals surface area contributed by atoms with Gasteiger partial charge in [0.2, 0.25) is 5.16 Å². The third-order valence-corrected chi connectivity index (χ3v) is 5.94. The highest BCUT2D eigenvalue weighted by Crippen LogP contribution is 2.29. The Bertz CT molecular complexity index is 1150. The first kappa shape index (κ1) is 22.8. The summed E-state index contributed by atoms with van der Waals surface area (Å²) in [4.78, 5) is 0. The third kappa shape index (κ3) is 6.34. The maximum absolute atomic E-state index is 5.97. The molecule has 0 atom stereocenters. The zero-order valence-corrected chi connectivity index (χ0v) is 19.6. The van der Waals surface area contributed by atoms with E-state index in [1.807, 2.05) is 42.5 Å². The lowest BCUT2D eigenvalue weighted by Crippen LogP contribution is -2.17. The number of aryl methyl sites for hydroxylation is 1. The van der Waals surface area contributed by atoms with Crippen LogP contribution < -0.4 is 14.8 Å². The molecule has 7 nitrogen and oxygen atoms in total. The average Bonchev–Trinajstić information content (AvgIpc) is 3.33. The van der Waals surface area contributed by atoms with Crippen molar-refractivity contribution in [2.75, 3.05) is 19.4 Å².